The second-order valence-corrected chi connectivity index (χ2v) is 9.99. The molecule has 1 amide bonds. The fraction of sp³-hybridized carbons (Fsp3) is 0.667. The number of hydrogen-bond donors (Lipinski definition) is 0. The van der Waals surface area contributed by atoms with Gasteiger partial charge in [-0.05, 0) is 52.2 Å². The van der Waals surface area contributed by atoms with Gasteiger partial charge >= 0.3 is 6.09 Å². The number of likely N-dealkylation sites (tertiary alicyclic amines) is 1. The number of rotatable bonds is 5. The number of pyridine rings is 1. The van der Waals surface area contributed by atoms with Gasteiger partial charge in [0.15, 0.2) is 0 Å². The summed E-state index contributed by atoms with van der Waals surface area (Å²) in [6.07, 6.45) is 7.18. The fourth-order valence-electron chi connectivity index (χ4n) is 5.68. The number of aromatic nitrogens is 4. The van der Waals surface area contributed by atoms with E-state index in [4.69, 9.17) is 9.72 Å². The van der Waals surface area contributed by atoms with Crippen LogP contribution in [-0.2, 0) is 4.74 Å². The van der Waals surface area contributed by atoms with Crippen LogP contribution in [0.15, 0.2) is 24.5 Å². The molecule has 0 unspecified atom stereocenters. The molecule has 1 atom stereocenters. The van der Waals surface area contributed by atoms with Crippen molar-refractivity contribution in [3.63, 3.8) is 0 Å². The maximum absolute atomic E-state index is 12.0. The summed E-state index contributed by atoms with van der Waals surface area (Å²) < 4.78 is 5.16. The molecule has 33 heavy (non-hydrogen) atoms. The smallest absolute Gasteiger partial charge is 0.409 e. The molecule has 4 heterocycles. The number of amides is 1. The van der Waals surface area contributed by atoms with E-state index < -0.39 is 0 Å². The Hall–Kier alpha value is -2.68. The lowest BCUT2D eigenvalue weighted by atomic mass is 9.78. The summed E-state index contributed by atoms with van der Waals surface area (Å²) >= 11 is 0. The first-order chi connectivity index (χ1) is 16.0. The van der Waals surface area contributed by atoms with Crippen LogP contribution in [0.1, 0.15) is 46.1 Å². The third-order valence-electron chi connectivity index (χ3n) is 7.42. The first kappa shape index (κ1) is 22.1. The molecule has 3 aliphatic rings. The summed E-state index contributed by atoms with van der Waals surface area (Å²) in [6.45, 7) is 12.2. The van der Waals surface area contributed by atoms with Crippen LogP contribution in [-0.4, -0.2) is 87.8 Å². The summed E-state index contributed by atoms with van der Waals surface area (Å²) in [5.41, 5.74) is 2.24. The monoisotopic (exact) mass is 453 g/mol. The highest BCUT2D eigenvalue weighted by molar-refractivity contribution is 5.72. The summed E-state index contributed by atoms with van der Waals surface area (Å²) in [5.74, 6) is 1.000. The standard InChI is InChI=1S/C24H35N7O2/c1-4-33-23(32)30-16-24(17-30)8-7-19(14-24)28-10-12-29(13-11-28)22-20(6-5-9-25-22)21-15-26-31(27-21)18(2)3/h5-6,9,15,18-19H,4,7-8,10-14,16-17H2,1-3H3/t19-/m1/s1. The summed E-state index contributed by atoms with van der Waals surface area (Å²) in [5, 5.41) is 9.08. The quantitative estimate of drug-likeness (QED) is 0.688. The van der Waals surface area contributed by atoms with Crippen molar-refractivity contribution in [2.75, 3.05) is 50.8 Å². The van der Waals surface area contributed by atoms with Gasteiger partial charge in [0.25, 0.3) is 0 Å². The van der Waals surface area contributed by atoms with E-state index in [9.17, 15) is 4.79 Å². The first-order valence-electron chi connectivity index (χ1n) is 12.3. The molecule has 2 aromatic heterocycles. The molecule has 0 bridgehead atoms. The highest BCUT2D eigenvalue weighted by Gasteiger charge is 2.51. The lowest BCUT2D eigenvalue weighted by Gasteiger charge is -2.48. The molecule has 1 saturated carbocycles. The average molecular weight is 454 g/mol. The van der Waals surface area contributed by atoms with Crippen molar-refractivity contribution in [1.82, 2.24) is 29.8 Å². The topological polar surface area (TPSA) is 79.6 Å². The van der Waals surface area contributed by atoms with Crippen LogP contribution < -0.4 is 4.90 Å². The van der Waals surface area contributed by atoms with Gasteiger partial charge in [-0.3, -0.25) is 4.90 Å². The maximum Gasteiger partial charge on any atom is 0.409 e. The molecule has 2 aromatic rings. The number of anilines is 1. The van der Waals surface area contributed by atoms with Crippen molar-refractivity contribution in [2.45, 2.75) is 52.1 Å². The minimum Gasteiger partial charge on any atom is -0.450 e. The number of carbonyl (C=O) groups excluding carboxylic acids is 1. The predicted molar refractivity (Wildman–Crippen MR) is 126 cm³/mol. The van der Waals surface area contributed by atoms with Gasteiger partial charge < -0.3 is 14.5 Å². The van der Waals surface area contributed by atoms with Crippen molar-refractivity contribution < 1.29 is 9.53 Å². The van der Waals surface area contributed by atoms with Crippen LogP contribution in [0, 0.1) is 5.41 Å². The Kier molecular flexibility index (Phi) is 5.99. The van der Waals surface area contributed by atoms with Gasteiger partial charge in [-0.1, -0.05) is 0 Å². The summed E-state index contributed by atoms with van der Waals surface area (Å²) in [6, 6.07) is 4.91. The molecular formula is C24H35N7O2. The number of nitrogens with zero attached hydrogens (tertiary/aromatic N) is 7. The molecular weight excluding hydrogens is 418 g/mol. The average Bonchev–Trinajstić information content (AvgIpc) is 3.47. The molecule has 0 aromatic carbocycles. The normalized spacial score (nSPS) is 22.7. The molecule has 9 heteroatoms. The molecule has 0 radical (unpaired) electrons. The number of hydrogen-bond acceptors (Lipinski definition) is 7. The van der Waals surface area contributed by atoms with Crippen molar-refractivity contribution in [1.29, 1.82) is 0 Å². The molecule has 5 rings (SSSR count). The Morgan fingerprint density at radius 3 is 2.73 bits per heavy atom. The maximum atomic E-state index is 12.0. The summed E-state index contributed by atoms with van der Waals surface area (Å²) in [7, 11) is 0. The zero-order chi connectivity index (χ0) is 23.0. The second kappa shape index (κ2) is 8.93. The van der Waals surface area contributed by atoms with Crippen molar-refractivity contribution in [3.8, 4) is 11.3 Å². The third-order valence-corrected chi connectivity index (χ3v) is 7.42. The van der Waals surface area contributed by atoms with Gasteiger partial charge in [0.1, 0.15) is 11.5 Å². The number of carbonyl (C=O) groups is 1. The van der Waals surface area contributed by atoms with Crippen molar-refractivity contribution in [2.24, 2.45) is 5.41 Å². The Labute approximate surface area is 195 Å². The third kappa shape index (κ3) is 4.30. The van der Waals surface area contributed by atoms with Gasteiger partial charge in [0.2, 0.25) is 0 Å². The molecule has 178 valence electrons. The van der Waals surface area contributed by atoms with Gasteiger partial charge in [0, 0.05) is 62.5 Å². The van der Waals surface area contributed by atoms with Crippen LogP contribution in [0.3, 0.4) is 0 Å². The van der Waals surface area contributed by atoms with Crippen LogP contribution in [0.25, 0.3) is 11.3 Å². The lowest BCUT2D eigenvalue weighted by Crippen LogP contribution is -2.58. The van der Waals surface area contributed by atoms with E-state index in [1.54, 1.807) is 4.80 Å². The predicted octanol–water partition coefficient (Wildman–Crippen LogP) is 3.05. The van der Waals surface area contributed by atoms with Gasteiger partial charge in [-0.2, -0.15) is 15.0 Å². The number of piperazine rings is 1. The van der Waals surface area contributed by atoms with Gasteiger partial charge in [-0.25, -0.2) is 9.78 Å². The van der Waals surface area contributed by atoms with Crippen LogP contribution in [0.4, 0.5) is 10.6 Å². The van der Waals surface area contributed by atoms with E-state index in [-0.39, 0.29) is 12.1 Å². The Morgan fingerprint density at radius 2 is 2.03 bits per heavy atom. The highest BCUT2D eigenvalue weighted by Crippen LogP contribution is 2.47. The Balaban J connectivity index is 1.18. The van der Waals surface area contributed by atoms with E-state index in [1.165, 1.54) is 19.3 Å². The fourth-order valence-corrected chi connectivity index (χ4v) is 5.68. The molecule has 9 nitrogen and oxygen atoms in total. The SMILES string of the molecule is CCOC(=O)N1CC2(CC[C@@H](N3CCN(c4ncccc4-c4cnn(C(C)C)n4)CC3)C2)C1. The largest absolute Gasteiger partial charge is 0.450 e. The molecule has 1 aliphatic carbocycles. The zero-order valence-electron chi connectivity index (χ0n) is 20.0. The lowest BCUT2D eigenvalue weighted by molar-refractivity contribution is -0.00294. The summed E-state index contributed by atoms with van der Waals surface area (Å²) in [4.78, 5) is 25.3. The van der Waals surface area contributed by atoms with E-state index in [0.29, 0.717) is 18.1 Å². The van der Waals surface area contributed by atoms with Crippen LogP contribution >= 0.6 is 0 Å². The highest BCUT2D eigenvalue weighted by atomic mass is 16.6. The van der Waals surface area contributed by atoms with E-state index in [0.717, 1.165) is 56.3 Å². The number of ether oxygens (including phenoxy) is 1. The van der Waals surface area contributed by atoms with Gasteiger partial charge in [-0.15, -0.1) is 0 Å². The molecule has 2 aliphatic heterocycles. The van der Waals surface area contributed by atoms with Crippen molar-refractivity contribution in [3.05, 3.63) is 24.5 Å². The van der Waals surface area contributed by atoms with Crippen LogP contribution in [0.5, 0.6) is 0 Å². The van der Waals surface area contributed by atoms with Crippen molar-refractivity contribution >= 4 is 11.9 Å². The molecule has 2 saturated heterocycles. The van der Waals surface area contributed by atoms with Gasteiger partial charge in [0.05, 0.1) is 18.8 Å². The van der Waals surface area contributed by atoms with Crippen LogP contribution in [0.2, 0.25) is 0 Å². The molecule has 1 spiro atoms. The molecule has 3 fully saturated rings. The second-order valence-electron chi connectivity index (χ2n) is 9.99. The minimum absolute atomic E-state index is 0.153. The minimum atomic E-state index is -0.153. The van der Waals surface area contributed by atoms with E-state index >= 15 is 0 Å². The van der Waals surface area contributed by atoms with E-state index in [1.807, 2.05) is 30.3 Å². The molecule has 0 N–H and O–H groups in total. The Bertz CT molecular complexity index is 977. The zero-order valence-corrected chi connectivity index (χ0v) is 20.0. The Morgan fingerprint density at radius 1 is 1.24 bits per heavy atom. The first-order valence-corrected chi connectivity index (χ1v) is 12.3. The van der Waals surface area contributed by atoms with E-state index in [2.05, 4.69) is 39.9 Å².